The number of nitrogens with one attached hydrogen (secondary N) is 1. The van der Waals surface area contributed by atoms with Crippen LogP contribution in [0.4, 0.5) is 11.6 Å². The van der Waals surface area contributed by atoms with Crippen molar-refractivity contribution in [2.24, 2.45) is 0 Å². The van der Waals surface area contributed by atoms with E-state index in [2.05, 4.69) is 43.3 Å². The number of nitrogens with two attached hydrogens (primary N) is 1. The Labute approximate surface area is 120 Å². The number of nitrogen functional groups attached to an aromatic ring is 1. The van der Waals surface area contributed by atoms with E-state index in [9.17, 15) is 0 Å². The van der Waals surface area contributed by atoms with E-state index in [4.69, 9.17) is 5.73 Å². The molecule has 1 aliphatic rings. The predicted molar refractivity (Wildman–Crippen MR) is 79.2 cm³/mol. The molecular formula is C12H17BrN6. The first-order valence-electron chi connectivity index (χ1n) is 6.38. The molecule has 3 N–H and O–H groups in total. The smallest absolute Gasteiger partial charge is 0.173 e. The van der Waals surface area contributed by atoms with Crippen molar-refractivity contribution in [3.05, 3.63) is 16.7 Å². The molecule has 1 fully saturated rings. The lowest BCUT2D eigenvalue weighted by Crippen LogP contribution is -2.36. The molecule has 0 spiro atoms. The van der Waals surface area contributed by atoms with Crippen LogP contribution in [0.2, 0.25) is 0 Å². The van der Waals surface area contributed by atoms with Crippen LogP contribution in [-0.2, 0) is 0 Å². The summed E-state index contributed by atoms with van der Waals surface area (Å²) in [5, 5.41) is 7.64. The number of hydrogen-bond donors (Lipinski definition) is 2. The van der Waals surface area contributed by atoms with E-state index in [-0.39, 0.29) is 0 Å². The van der Waals surface area contributed by atoms with E-state index < -0.39 is 0 Å². The SMILES string of the molecule is CN1CCC(Nc2cc(N)n3ncc(Br)c3n2)CC1. The Kier molecular flexibility index (Phi) is 3.32. The minimum Gasteiger partial charge on any atom is -0.383 e. The summed E-state index contributed by atoms with van der Waals surface area (Å²) in [6.07, 6.45) is 3.96. The molecule has 0 aromatic carbocycles. The number of nitrogens with zero attached hydrogens (tertiary/aromatic N) is 4. The minimum atomic E-state index is 0.465. The van der Waals surface area contributed by atoms with Crippen molar-refractivity contribution in [1.29, 1.82) is 0 Å². The summed E-state index contributed by atoms with van der Waals surface area (Å²) in [6, 6.07) is 2.30. The summed E-state index contributed by atoms with van der Waals surface area (Å²) in [5.74, 6) is 1.41. The van der Waals surface area contributed by atoms with Crippen molar-refractivity contribution in [2.75, 3.05) is 31.2 Å². The first-order chi connectivity index (χ1) is 9.13. The number of piperidine rings is 1. The zero-order valence-corrected chi connectivity index (χ0v) is 12.4. The molecule has 7 heteroatoms. The average molecular weight is 325 g/mol. The number of aromatic nitrogens is 3. The van der Waals surface area contributed by atoms with Gasteiger partial charge in [0, 0.05) is 12.1 Å². The van der Waals surface area contributed by atoms with Crippen molar-refractivity contribution in [1.82, 2.24) is 19.5 Å². The Morgan fingerprint density at radius 2 is 2.16 bits per heavy atom. The van der Waals surface area contributed by atoms with Crippen LogP contribution in [0.5, 0.6) is 0 Å². The Hall–Kier alpha value is -1.34. The molecule has 0 radical (unpaired) electrons. The van der Waals surface area contributed by atoms with Crippen LogP contribution in [0.1, 0.15) is 12.8 Å². The maximum absolute atomic E-state index is 5.99. The standard InChI is InChI=1S/C12H17BrN6/c1-18-4-2-8(3-5-18)16-11-6-10(14)19-12(17-11)9(13)7-15-19/h6-8H,2-5,14H2,1H3,(H,16,17). The normalized spacial score (nSPS) is 18.0. The lowest BCUT2D eigenvalue weighted by atomic mass is 10.1. The van der Waals surface area contributed by atoms with Crippen molar-refractivity contribution in [3.63, 3.8) is 0 Å². The fourth-order valence-corrected chi connectivity index (χ4v) is 2.74. The number of rotatable bonds is 2. The van der Waals surface area contributed by atoms with Gasteiger partial charge < -0.3 is 16.0 Å². The molecular weight excluding hydrogens is 308 g/mol. The molecule has 0 unspecified atom stereocenters. The van der Waals surface area contributed by atoms with E-state index in [1.165, 1.54) is 0 Å². The van der Waals surface area contributed by atoms with Gasteiger partial charge in [0.25, 0.3) is 0 Å². The first kappa shape index (κ1) is 12.7. The average Bonchev–Trinajstić information content (AvgIpc) is 2.75. The lowest BCUT2D eigenvalue weighted by molar-refractivity contribution is 0.263. The summed E-state index contributed by atoms with van der Waals surface area (Å²) in [4.78, 5) is 6.90. The third-order valence-electron chi connectivity index (χ3n) is 3.53. The summed E-state index contributed by atoms with van der Waals surface area (Å²) < 4.78 is 2.48. The fraction of sp³-hybridized carbons (Fsp3) is 0.500. The molecule has 0 saturated carbocycles. The molecule has 102 valence electrons. The van der Waals surface area contributed by atoms with E-state index in [0.29, 0.717) is 11.9 Å². The van der Waals surface area contributed by atoms with E-state index in [1.807, 2.05) is 6.07 Å². The van der Waals surface area contributed by atoms with Gasteiger partial charge in [-0.2, -0.15) is 9.61 Å². The molecule has 3 heterocycles. The van der Waals surface area contributed by atoms with Gasteiger partial charge in [-0.3, -0.25) is 0 Å². The van der Waals surface area contributed by atoms with Crippen molar-refractivity contribution < 1.29 is 0 Å². The summed E-state index contributed by atoms with van der Waals surface area (Å²) in [7, 11) is 2.15. The Morgan fingerprint density at radius 1 is 1.42 bits per heavy atom. The topological polar surface area (TPSA) is 71.5 Å². The van der Waals surface area contributed by atoms with Gasteiger partial charge in [0.05, 0.1) is 10.7 Å². The summed E-state index contributed by atoms with van der Waals surface area (Å²) >= 11 is 3.43. The molecule has 0 atom stereocenters. The highest BCUT2D eigenvalue weighted by Crippen LogP contribution is 2.22. The maximum atomic E-state index is 5.99. The van der Waals surface area contributed by atoms with Crippen molar-refractivity contribution in [2.45, 2.75) is 18.9 Å². The number of halogens is 1. The molecule has 3 rings (SSSR count). The molecule has 0 aliphatic carbocycles. The van der Waals surface area contributed by atoms with Crippen LogP contribution in [0.25, 0.3) is 5.65 Å². The zero-order valence-electron chi connectivity index (χ0n) is 10.8. The molecule has 1 aliphatic heterocycles. The monoisotopic (exact) mass is 324 g/mol. The Balaban J connectivity index is 1.83. The molecule has 6 nitrogen and oxygen atoms in total. The van der Waals surface area contributed by atoms with Crippen molar-refractivity contribution in [3.8, 4) is 0 Å². The molecule has 2 aromatic rings. The van der Waals surface area contributed by atoms with E-state index >= 15 is 0 Å². The molecule has 0 bridgehead atoms. The predicted octanol–water partition coefficient (Wildman–Crippen LogP) is 1.58. The fourth-order valence-electron chi connectivity index (χ4n) is 2.40. The zero-order chi connectivity index (χ0) is 13.4. The molecule has 0 amide bonds. The van der Waals surface area contributed by atoms with Gasteiger partial charge in [0.15, 0.2) is 5.65 Å². The third-order valence-corrected chi connectivity index (χ3v) is 4.09. The third kappa shape index (κ3) is 2.52. The van der Waals surface area contributed by atoms with E-state index in [1.54, 1.807) is 10.7 Å². The second-order valence-electron chi connectivity index (χ2n) is 5.02. The second-order valence-corrected chi connectivity index (χ2v) is 5.87. The van der Waals surface area contributed by atoms with Crippen LogP contribution < -0.4 is 11.1 Å². The number of likely N-dealkylation sites (tertiary alicyclic amines) is 1. The quantitative estimate of drug-likeness (QED) is 0.877. The highest BCUT2D eigenvalue weighted by Gasteiger charge is 2.17. The Morgan fingerprint density at radius 3 is 2.89 bits per heavy atom. The maximum Gasteiger partial charge on any atom is 0.173 e. The van der Waals surface area contributed by atoms with Crippen molar-refractivity contribution >= 4 is 33.2 Å². The number of fused-ring (bicyclic) bond motifs is 1. The van der Waals surface area contributed by atoms with Crippen LogP contribution in [0.3, 0.4) is 0 Å². The Bertz CT molecular complexity index is 587. The summed E-state index contributed by atoms with van der Waals surface area (Å²) in [6.45, 7) is 2.23. The number of anilines is 2. The van der Waals surface area contributed by atoms with Gasteiger partial charge >= 0.3 is 0 Å². The van der Waals surface area contributed by atoms with Crippen LogP contribution in [-0.4, -0.2) is 45.7 Å². The van der Waals surface area contributed by atoms with Gasteiger partial charge in [-0.25, -0.2) is 4.98 Å². The largest absolute Gasteiger partial charge is 0.383 e. The van der Waals surface area contributed by atoms with Gasteiger partial charge in [0.2, 0.25) is 0 Å². The van der Waals surface area contributed by atoms with Gasteiger partial charge in [-0.05, 0) is 48.9 Å². The van der Waals surface area contributed by atoms with Gasteiger partial charge in [-0.15, -0.1) is 0 Å². The molecule has 1 saturated heterocycles. The van der Waals surface area contributed by atoms with E-state index in [0.717, 1.165) is 41.9 Å². The number of hydrogen-bond acceptors (Lipinski definition) is 5. The van der Waals surface area contributed by atoms with Gasteiger partial charge in [0.1, 0.15) is 11.6 Å². The van der Waals surface area contributed by atoms with Crippen LogP contribution in [0, 0.1) is 0 Å². The molecule has 19 heavy (non-hydrogen) atoms. The van der Waals surface area contributed by atoms with Gasteiger partial charge in [-0.1, -0.05) is 0 Å². The highest BCUT2D eigenvalue weighted by atomic mass is 79.9. The first-order valence-corrected chi connectivity index (χ1v) is 7.17. The van der Waals surface area contributed by atoms with Crippen LogP contribution in [0.15, 0.2) is 16.7 Å². The minimum absolute atomic E-state index is 0.465. The summed E-state index contributed by atoms with van der Waals surface area (Å²) in [5.41, 5.74) is 6.73. The van der Waals surface area contributed by atoms with Crippen LogP contribution >= 0.6 is 15.9 Å². The lowest BCUT2D eigenvalue weighted by Gasteiger charge is -2.29. The second kappa shape index (κ2) is 4.97. The molecule has 2 aromatic heterocycles. The highest BCUT2D eigenvalue weighted by molar-refractivity contribution is 9.10.